The molecule has 0 aromatic carbocycles. The molecule has 160 valence electrons. The number of hydrogen-bond acceptors (Lipinski definition) is 5. The minimum absolute atomic E-state index is 0.246. The van der Waals surface area contributed by atoms with Gasteiger partial charge in [0.25, 0.3) is 0 Å². The fourth-order valence-electron chi connectivity index (χ4n) is 5.71. The number of likely N-dealkylation sites (tertiary alicyclic amines) is 1. The van der Waals surface area contributed by atoms with Crippen LogP contribution in [0.3, 0.4) is 0 Å². The van der Waals surface area contributed by atoms with E-state index in [0.29, 0.717) is 24.8 Å². The summed E-state index contributed by atoms with van der Waals surface area (Å²) in [6.07, 6.45) is 11.2. The third kappa shape index (κ3) is 4.42. The molecule has 1 amide bonds. The van der Waals surface area contributed by atoms with Gasteiger partial charge in [0.2, 0.25) is 5.91 Å². The molecule has 29 heavy (non-hydrogen) atoms. The summed E-state index contributed by atoms with van der Waals surface area (Å²) in [6, 6.07) is 0. The molecule has 1 N–H and O–H groups in total. The number of aliphatic hydroxyl groups is 1. The number of nitrogens with zero attached hydrogens (tertiary/aromatic N) is 4. The number of piperidine rings is 2. The monoisotopic (exact) mass is 400 g/mol. The molecule has 0 radical (unpaired) electrons. The molecule has 0 bridgehead atoms. The van der Waals surface area contributed by atoms with Crippen molar-refractivity contribution in [3.8, 4) is 0 Å². The highest BCUT2D eigenvalue weighted by molar-refractivity contribution is 5.76. The number of aliphatic hydroxyl groups excluding tert-OH is 1. The third-order valence-corrected chi connectivity index (χ3v) is 7.40. The molecule has 2 aliphatic heterocycles. The first-order valence-electron chi connectivity index (χ1n) is 11.5. The fourth-order valence-corrected chi connectivity index (χ4v) is 5.71. The average molecular weight is 401 g/mol. The molecule has 0 unspecified atom stereocenters. The number of carbonyl (C=O) groups excluding carboxylic acids is 1. The van der Waals surface area contributed by atoms with E-state index >= 15 is 0 Å². The summed E-state index contributed by atoms with van der Waals surface area (Å²) in [5.41, 5.74) is 0.826. The lowest BCUT2D eigenvalue weighted by atomic mass is 9.71. The Kier molecular flexibility index (Phi) is 6.09. The first-order valence-corrected chi connectivity index (χ1v) is 11.5. The van der Waals surface area contributed by atoms with Gasteiger partial charge in [0.15, 0.2) is 0 Å². The Balaban J connectivity index is 1.47. The lowest BCUT2D eigenvalue weighted by Crippen LogP contribution is -2.60. The van der Waals surface area contributed by atoms with Crippen LogP contribution in [0.15, 0.2) is 6.20 Å². The van der Waals surface area contributed by atoms with Crippen LogP contribution in [0.1, 0.15) is 69.2 Å². The molecule has 4 rings (SSSR count). The number of rotatable bonds is 3. The van der Waals surface area contributed by atoms with Crippen LogP contribution in [0.25, 0.3) is 0 Å². The minimum Gasteiger partial charge on any atom is -0.392 e. The SMILES string of the molecule is Cc1ncc(C)c(N2CC[C@@H](O)[C@]3(CCCN(C(=O)CC4CCCCC4)C3)C2)n1. The van der Waals surface area contributed by atoms with E-state index in [2.05, 4.69) is 19.8 Å². The van der Waals surface area contributed by atoms with E-state index in [1.807, 2.05) is 20.0 Å². The van der Waals surface area contributed by atoms with Gasteiger partial charge in [-0.15, -0.1) is 0 Å². The first-order chi connectivity index (χ1) is 14.0. The first kappa shape index (κ1) is 20.6. The number of amides is 1. The standard InChI is InChI=1S/C23H36N4O2/c1-17-14-24-18(2)25-22(17)27-12-9-20(28)23(16-27)10-6-11-26(15-23)21(29)13-19-7-4-3-5-8-19/h14,19-20,28H,3-13,15-16H2,1-2H3/t20-,23+/m1/s1. The summed E-state index contributed by atoms with van der Waals surface area (Å²) in [5, 5.41) is 11.0. The van der Waals surface area contributed by atoms with Crippen LogP contribution in [-0.2, 0) is 4.79 Å². The summed E-state index contributed by atoms with van der Waals surface area (Å²) in [7, 11) is 0. The molecular weight excluding hydrogens is 364 g/mol. The van der Waals surface area contributed by atoms with Gasteiger partial charge in [0.05, 0.1) is 6.10 Å². The van der Waals surface area contributed by atoms with Gasteiger partial charge in [0, 0.05) is 49.8 Å². The molecule has 6 nitrogen and oxygen atoms in total. The molecule has 3 fully saturated rings. The predicted molar refractivity (Wildman–Crippen MR) is 114 cm³/mol. The van der Waals surface area contributed by atoms with Crippen molar-refractivity contribution >= 4 is 11.7 Å². The number of aromatic nitrogens is 2. The van der Waals surface area contributed by atoms with Gasteiger partial charge < -0.3 is 14.9 Å². The lowest BCUT2D eigenvalue weighted by molar-refractivity contribution is -0.139. The Morgan fingerprint density at radius 3 is 2.72 bits per heavy atom. The Morgan fingerprint density at radius 1 is 1.14 bits per heavy atom. The van der Waals surface area contributed by atoms with Crippen LogP contribution in [0.4, 0.5) is 5.82 Å². The van der Waals surface area contributed by atoms with Crippen LogP contribution in [0, 0.1) is 25.2 Å². The van der Waals surface area contributed by atoms with E-state index in [1.165, 1.54) is 32.1 Å². The topological polar surface area (TPSA) is 69.6 Å². The second kappa shape index (κ2) is 8.58. The zero-order chi connectivity index (χ0) is 20.4. The highest BCUT2D eigenvalue weighted by atomic mass is 16.3. The van der Waals surface area contributed by atoms with Crippen LogP contribution in [-0.4, -0.2) is 58.2 Å². The van der Waals surface area contributed by atoms with Crippen molar-refractivity contribution < 1.29 is 9.90 Å². The summed E-state index contributed by atoms with van der Waals surface area (Å²) >= 11 is 0. The molecular formula is C23H36N4O2. The lowest BCUT2D eigenvalue weighted by Gasteiger charge is -2.51. The summed E-state index contributed by atoms with van der Waals surface area (Å²) in [4.78, 5) is 26.4. The van der Waals surface area contributed by atoms with Crippen LogP contribution < -0.4 is 4.90 Å². The third-order valence-electron chi connectivity index (χ3n) is 7.40. The average Bonchev–Trinajstić information content (AvgIpc) is 2.73. The summed E-state index contributed by atoms with van der Waals surface area (Å²) < 4.78 is 0. The molecule has 1 aliphatic carbocycles. The van der Waals surface area contributed by atoms with E-state index in [9.17, 15) is 9.90 Å². The zero-order valence-corrected chi connectivity index (χ0v) is 18.1. The van der Waals surface area contributed by atoms with Crippen LogP contribution in [0.5, 0.6) is 0 Å². The number of anilines is 1. The van der Waals surface area contributed by atoms with Gasteiger partial charge in [-0.05, 0) is 51.9 Å². The highest BCUT2D eigenvalue weighted by Gasteiger charge is 2.47. The zero-order valence-electron chi connectivity index (χ0n) is 18.1. The molecule has 2 saturated heterocycles. The van der Waals surface area contributed by atoms with E-state index in [4.69, 9.17) is 0 Å². The molecule has 1 aromatic heterocycles. The largest absolute Gasteiger partial charge is 0.392 e. The minimum atomic E-state index is -0.354. The van der Waals surface area contributed by atoms with Gasteiger partial charge in [0.1, 0.15) is 11.6 Å². The highest BCUT2D eigenvalue weighted by Crippen LogP contribution is 2.41. The van der Waals surface area contributed by atoms with Crippen molar-refractivity contribution in [3.63, 3.8) is 0 Å². The molecule has 6 heteroatoms. The second-order valence-corrected chi connectivity index (χ2v) is 9.64. The summed E-state index contributed by atoms with van der Waals surface area (Å²) in [5.74, 6) is 2.62. The molecule has 1 saturated carbocycles. The quantitative estimate of drug-likeness (QED) is 0.843. The normalized spacial score (nSPS) is 28.7. The Bertz CT molecular complexity index is 734. The number of hydrogen-bond donors (Lipinski definition) is 1. The maximum atomic E-state index is 13.1. The van der Waals surface area contributed by atoms with Gasteiger partial charge in [-0.3, -0.25) is 4.79 Å². The van der Waals surface area contributed by atoms with Crippen LogP contribution in [0.2, 0.25) is 0 Å². The van der Waals surface area contributed by atoms with E-state index in [-0.39, 0.29) is 11.5 Å². The van der Waals surface area contributed by atoms with Crippen molar-refractivity contribution in [1.82, 2.24) is 14.9 Å². The predicted octanol–water partition coefficient (Wildman–Crippen LogP) is 3.24. The van der Waals surface area contributed by atoms with Gasteiger partial charge in [-0.25, -0.2) is 9.97 Å². The molecule has 3 heterocycles. The van der Waals surface area contributed by atoms with Gasteiger partial charge in [-0.1, -0.05) is 19.3 Å². The van der Waals surface area contributed by atoms with Crippen molar-refractivity contribution in [2.24, 2.45) is 11.3 Å². The molecule has 2 atom stereocenters. The van der Waals surface area contributed by atoms with E-state index < -0.39 is 0 Å². The van der Waals surface area contributed by atoms with E-state index in [1.54, 1.807) is 0 Å². The Labute approximate surface area is 174 Å². The maximum absolute atomic E-state index is 13.1. The van der Waals surface area contributed by atoms with E-state index in [0.717, 1.165) is 56.1 Å². The number of carbonyl (C=O) groups is 1. The Hall–Kier alpha value is -1.69. The van der Waals surface area contributed by atoms with Crippen LogP contribution >= 0.6 is 0 Å². The second-order valence-electron chi connectivity index (χ2n) is 9.64. The molecule has 1 aromatic rings. The maximum Gasteiger partial charge on any atom is 0.222 e. The smallest absolute Gasteiger partial charge is 0.222 e. The molecule has 3 aliphatic rings. The van der Waals surface area contributed by atoms with Crippen molar-refractivity contribution in [2.75, 3.05) is 31.1 Å². The Morgan fingerprint density at radius 2 is 1.93 bits per heavy atom. The molecule has 1 spiro atoms. The fraction of sp³-hybridized carbons (Fsp3) is 0.783. The van der Waals surface area contributed by atoms with Crippen molar-refractivity contribution in [1.29, 1.82) is 0 Å². The van der Waals surface area contributed by atoms with Crippen molar-refractivity contribution in [2.45, 2.75) is 77.7 Å². The summed E-state index contributed by atoms with van der Waals surface area (Å²) in [6.45, 7) is 7.05. The van der Waals surface area contributed by atoms with Gasteiger partial charge >= 0.3 is 0 Å². The van der Waals surface area contributed by atoms with Gasteiger partial charge in [-0.2, -0.15) is 0 Å². The number of aryl methyl sites for hydroxylation is 2. The van der Waals surface area contributed by atoms with Crippen molar-refractivity contribution in [3.05, 3.63) is 17.6 Å².